The first-order valence-corrected chi connectivity index (χ1v) is 7.92. The van der Waals surface area contributed by atoms with Gasteiger partial charge in [-0.05, 0) is 42.0 Å². The van der Waals surface area contributed by atoms with Crippen molar-refractivity contribution in [1.82, 2.24) is 20.0 Å². The van der Waals surface area contributed by atoms with Crippen LogP contribution >= 0.6 is 11.6 Å². The van der Waals surface area contributed by atoms with Crippen molar-refractivity contribution in [2.75, 3.05) is 5.32 Å². The zero-order chi connectivity index (χ0) is 16.4. The second-order valence-electron chi connectivity index (χ2n) is 5.34. The first-order valence-electron chi connectivity index (χ1n) is 7.54. The van der Waals surface area contributed by atoms with Gasteiger partial charge in [-0.25, -0.2) is 9.67 Å². The van der Waals surface area contributed by atoms with Crippen LogP contribution in [0.5, 0.6) is 0 Å². The van der Waals surface area contributed by atoms with Crippen LogP contribution in [0.25, 0.3) is 11.0 Å². The van der Waals surface area contributed by atoms with Crippen LogP contribution in [-0.4, -0.2) is 20.0 Å². The molecule has 0 saturated carbocycles. The van der Waals surface area contributed by atoms with Gasteiger partial charge in [-0.1, -0.05) is 47.1 Å². The lowest BCUT2D eigenvalue weighted by Gasteiger charge is -2.20. The highest BCUT2D eigenvalue weighted by atomic mass is 35.5. The Morgan fingerprint density at radius 2 is 1.71 bits per heavy atom. The Morgan fingerprint density at radius 3 is 2.50 bits per heavy atom. The highest BCUT2D eigenvalue weighted by molar-refractivity contribution is 6.30. The summed E-state index contributed by atoms with van der Waals surface area (Å²) < 4.78 is 1.85. The monoisotopic (exact) mass is 335 g/mol. The quantitative estimate of drug-likeness (QED) is 0.609. The molecule has 1 N–H and O–H groups in total. The number of halogens is 1. The van der Waals surface area contributed by atoms with Gasteiger partial charge in [-0.3, -0.25) is 0 Å². The van der Waals surface area contributed by atoms with Gasteiger partial charge < -0.3 is 5.32 Å². The average Bonchev–Trinajstić information content (AvgIpc) is 3.05. The smallest absolute Gasteiger partial charge is 0.150 e. The molecule has 0 radical (unpaired) electrons. The molecule has 1 atom stereocenters. The van der Waals surface area contributed by atoms with Crippen molar-refractivity contribution in [2.45, 2.75) is 6.17 Å². The number of benzene rings is 2. The van der Waals surface area contributed by atoms with E-state index >= 15 is 0 Å². The highest BCUT2D eigenvalue weighted by Crippen LogP contribution is 2.24. The molecule has 5 nitrogen and oxygen atoms in total. The molecule has 2 aromatic heterocycles. The van der Waals surface area contributed by atoms with Crippen LogP contribution in [0.4, 0.5) is 5.82 Å². The number of fused-ring (bicyclic) bond motifs is 1. The van der Waals surface area contributed by atoms with Crippen molar-refractivity contribution in [3.63, 3.8) is 0 Å². The normalized spacial score (nSPS) is 12.2. The van der Waals surface area contributed by atoms with Crippen LogP contribution in [0.1, 0.15) is 11.7 Å². The van der Waals surface area contributed by atoms with Gasteiger partial charge in [0, 0.05) is 11.2 Å². The molecular formula is C18H14ClN5. The summed E-state index contributed by atoms with van der Waals surface area (Å²) in [5.41, 5.74) is 2.81. The Kier molecular flexibility index (Phi) is 3.84. The predicted octanol–water partition coefficient (Wildman–Crippen LogP) is 4.14. The Hall–Kier alpha value is -2.92. The molecular weight excluding hydrogens is 322 g/mol. The molecule has 2 aromatic carbocycles. The SMILES string of the molecule is Clc1ccc(C(Nc2ccccn2)n2nnc3ccccc32)cc1. The van der Waals surface area contributed by atoms with Crippen LogP contribution in [0, 0.1) is 0 Å². The molecule has 0 saturated heterocycles. The molecule has 0 fully saturated rings. The minimum atomic E-state index is -0.246. The Morgan fingerprint density at radius 1 is 0.917 bits per heavy atom. The van der Waals surface area contributed by atoms with Crippen molar-refractivity contribution in [3.05, 3.63) is 83.5 Å². The molecule has 0 aliphatic rings. The van der Waals surface area contributed by atoms with Crippen LogP contribution in [0.3, 0.4) is 0 Å². The first-order chi connectivity index (χ1) is 11.8. The number of rotatable bonds is 4. The van der Waals surface area contributed by atoms with E-state index in [0.717, 1.165) is 22.4 Å². The van der Waals surface area contributed by atoms with E-state index in [4.69, 9.17) is 11.6 Å². The molecule has 118 valence electrons. The summed E-state index contributed by atoms with van der Waals surface area (Å²) in [4.78, 5) is 4.35. The number of nitrogens with one attached hydrogen (secondary N) is 1. The van der Waals surface area contributed by atoms with Gasteiger partial charge in [-0.15, -0.1) is 5.10 Å². The van der Waals surface area contributed by atoms with E-state index in [2.05, 4.69) is 20.6 Å². The maximum atomic E-state index is 6.03. The molecule has 0 spiro atoms. The fraction of sp³-hybridized carbons (Fsp3) is 0.0556. The third-order valence-electron chi connectivity index (χ3n) is 3.76. The zero-order valence-electron chi connectivity index (χ0n) is 12.7. The van der Waals surface area contributed by atoms with Crippen molar-refractivity contribution in [2.24, 2.45) is 0 Å². The van der Waals surface area contributed by atoms with Gasteiger partial charge in [0.2, 0.25) is 0 Å². The fourth-order valence-electron chi connectivity index (χ4n) is 2.60. The molecule has 0 amide bonds. The molecule has 4 rings (SSSR count). The van der Waals surface area contributed by atoms with E-state index < -0.39 is 0 Å². The zero-order valence-corrected chi connectivity index (χ0v) is 13.4. The predicted molar refractivity (Wildman–Crippen MR) is 95.0 cm³/mol. The third-order valence-corrected chi connectivity index (χ3v) is 4.01. The summed E-state index contributed by atoms with van der Waals surface area (Å²) in [6.07, 6.45) is 1.50. The number of pyridine rings is 1. The molecule has 0 aliphatic heterocycles. The topological polar surface area (TPSA) is 55.6 Å². The number of anilines is 1. The van der Waals surface area contributed by atoms with Crippen molar-refractivity contribution < 1.29 is 0 Å². The summed E-state index contributed by atoms with van der Waals surface area (Å²) in [6.45, 7) is 0. The van der Waals surface area contributed by atoms with E-state index in [1.54, 1.807) is 6.20 Å². The van der Waals surface area contributed by atoms with Gasteiger partial charge >= 0.3 is 0 Å². The fourth-order valence-corrected chi connectivity index (χ4v) is 2.72. The molecule has 6 heteroatoms. The summed E-state index contributed by atoms with van der Waals surface area (Å²) in [6, 6.07) is 21.3. The van der Waals surface area contributed by atoms with Gasteiger partial charge in [-0.2, -0.15) is 0 Å². The van der Waals surface area contributed by atoms with Crippen LogP contribution < -0.4 is 5.32 Å². The molecule has 4 aromatic rings. The Balaban J connectivity index is 1.82. The summed E-state index contributed by atoms with van der Waals surface area (Å²) in [7, 11) is 0. The van der Waals surface area contributed by atoms with Crippen LogP contribution in [0.2, 0.25) is 5.02 Å². The average molecular weight is 336 g/mol. The number of nitrogens with zero attached hydrogens (tertiary/aromatic N) is 4. The first kappa shape index (κ1) is 14.7. The minimum absolute atomic E-state index is 0.246. The van der Waals surface area contributed by atoms with Crippen molar-refractivity contribution in [1.29, 1.82) is 0 Å². The molecule has 0 bridgehead atoms. The van der Waals surface area contributed by atoms with Gasteiger partial charge in [0.25, 0.3) is 0 Å². The second-order valence-corrected chi connectivity index (χ2v) is 5.77. The molecule has 0 aliphatic carbocycles. The van der Waals surface area contributed by atoms with E-state index in [-0.39, 0.29) is 6.17 Å². The number of aromatic nitrogens is 4. The van der Waals surface area contributed by atoms with E-state index in [1.165, 1.54) is 0 Å². The third kappa shape index (κ3) is 2.81. The summed E-state index contributed by atoms with van der Waals surface area (Å²) >= 11 is 6.03. The number of hydrogen-bond donors (Lipinski definition) is 1. The lowest BCUT2D eigenvalue weighted by atomic mass is 10.1. The summed E-state index contributed by atoms with van der Waals surface area (Å²) in [5, 5.41) is 12.7. The van der Waals surface area contributed by atoms with E-state index in [9.17, 15) is 0 Å². The van der Waals surface area contributed by atoms with Gasteiger partial charge in [0.15, 0.2) is 0 Å². The number of hydrogen-bond acceptors (Lipinski definition) is 4. The molecule has 2 heterocycles. The largest absolute Gasteiger partial charge is 0.345 e. The minimum Gasteiger partial charge on any atom is -0.345 e. The van der Waals surface area contributed by atoms with Crippen molar-refractivity contribution in [3.8, 4) is 0 Å². The standard InChI is InChI=1S/C18H14ClN5/c19-14-10-8-13(9-11-14)18(21-17-7-3-4-12-20-17)24-16-6-2-1-5-15(16)22-23-24/h1-12,18H,(H,20,21). The van der Waals surface area contributed by atoms with E-state index in [0.29, 0.717) is 5.02 Å². The van der Waals surface area contributed by atoms with Crippen LogP contribution in [0.15, 0.2) is 72.9 Å². The number of para-hydroxylation sites is 1. The molecule has 1 unspecified atom stereocenters. The van der Waals surface area contributed by atoms with Gasteiger partial charge in [0.1, 0.15) is 17.5 Å². The van der Waals surface area contributed by atoms with Gasteiger partial charge in [0.05, 0.1) is 5.52 Å². The lowest BCUT2D eigenvalue weighted by molar-refractivity contribution is 0.569. The van der Waals surface area contributed by atoms with E-state index in [1.807, 2.05) is 71.4 Å². The highest BCUT2D eigenvalue weighted by Gasteiger charge is 2.18. The maximum absolute atomic E-state index is 6.03. The van der Waals surface area contributed by atoms with Crippen LogP contribution in [-0.2, 0) is 0 Å². The van der Waals surface area contributed by atoms with Crippen molar-refractivity contribution >= 4 is 28.5 Å². The maximum Gasteiger partial charge on any atom is 0.150 e. The molecule has 24 heavy (non-hydrogen) atoms. The summed E-state index contributed by atoms with van der Waals surface area (Å²) in [5.74, 6) is 0.761. The Labute approximate surface area is 143 Å². The lowest BCUT2D eigenvalue weighted by Crippen LogP contribution is -2.21. The Bertz CT molecular complexity index is 950. The second kappa shape index (κ2) is 6.29.